The van der Waals surface area contributed by atoms with Gasteiger partial charge in [-0.25, -0.2) is 4.98 Å². The summed E-state index contributed by atoms with van der Waals surface area (Å²) in [6.45, 7) is 0.659. The Bertz CT molecular complexity index is 488. The molecule has 2 aromatic rings. The molecular weight excluding hydrogens is 296 g/mol. The van der Waals surface area contributed by atoms with Crippen LogP contribution < -0.4 is 5.73 Å². The molecule has 88 valence electrons. The fourth-order valence-corrected chi connectivity index (χ4v) is 2.84. The minimum absolute atomic E-state index is 0.659. The number of hydrogen-bond donors (Lipinski definition) is 1. The molecule has 0 bridgehead atoms. The highest BCUT2D eigenvalue weighted by molar-refractivity contribution is 9.10. The van der Waals surface area contributed by atoms with Crippen LogP contribution in [0.15, 0.2) is 57.0 Å². The van der Waals surface area contributed by atoms with Crippen molar-refractivity contribution in [2.24, 2.45) is 5.73 Å². The Labute approximate surface area is 114 Å². The van der Waals surface area contributed by atoms with E-state index in [0.717, 1.165) is 15.9 Å². The average Bonchev–Trinajstić information content (AvgIpc) is 2.34. The van der Waals surface area contributed by atoms with E-state index in [9.17, 15) is 0 Å². The normalized spacial score (nSPS) is 10.5. The smallest absolute Gasteiger partial charge is 0.101 e. The quantitative estimate of drug-likeness (QED) is 0.939. The van der Waals surface area contributed by atoms with Crippen LogP contribution in [0.3, 0.4) is 0 Å². The van der Waals surface area contributed by atoms with Gasteiger partial charge in [-0.2, -0.15) is 0 Å². The van der Waals surface area contributed by atoms with Gasteiger partial charge in [0.1, 0.15) is 5.03 Å². The van der Waals surface area contributed by atoms with Crippen molar-refractivity contribution in [3.8, 4) is 0 Å². The first-order chi connectivity index (χ1) is 8.29. The molecule has 0 spiro atoms. The zero-order chi connectivity index (χ0) is 12.1. The maximum atomic E-state index is 5.63. The Balaban J connectivity index is 2.26. The van der Waals surface area contributed by atoms with Crippen LogP contribution in [0.25, 0.3) is 0 Å². The van der Waals surface area contributed by atoms with Crippen molar-refractivity contribution in [2.45, 2.75) is 16.3 Å². The molecule has 0 amide bonds. The third-order valence-corrected chi connectivity index (χ3v) is 3.85. The molecule has 0 unspecified atom stereocenters. The monoisotopic (exact) mass is 308 g/mol. The van der Waals surface area contributed by atoms with Gasteiger partial charge in [-0.1, -0.05) is 33.8 Å². The number of pyridine rings is 1. The van der Waals surface area contributed by atoms with Gasteiger partial charge in [0.25, 0.3) is 0 Å². The molecule has 0 atom stereocenters. The predicted molar refractivity (Wildman–Crippen MR) is 75.3 cm³/mol. The van der Waals surface area contributed by atoms with Crippen molar-refractivity contribution in [2.75, 3.05) is 6.54 Å². The first kappa shape index (κ1) is 12.6. The van der Waals surface area contributed by atoms with Crippen LogP contribution in [0.5, 0.6) is 0 Å². The molecule has 0 aliphatic heterocycles. The van der Waals surface area contributed by atoms with Gasteiger partial charge in [-0.3, -0.25) is 0 Å². The largest absolute Gasteiger partial charge is 0.330 e. The van der Waals surface area contributed by atoms with Gasteiger partial charge in [0.15, 0.2) is 0 Å². The Morgan fingerprint density at radius 1 is 1.24 bits per heavy atom. The predicted octanol–water partition coefficient (Wildman–Crippen LogP) is 3.50. The molecular formula is C13H13BrN2S. The summed E-state index contributed by atoms with van der Waals surface area (Å²) in [5.41, 5.74) is 6.89. The molecule has 4 heteroatoms. The van der Waals surface area contributed by atoms with E-state index in [4.69, 9.17) is 5.73 Å². The van der Waals surface area contributed by atoms with Crippen molar-refractivity contribution in [1.29, 1.82) is 0 Å². The van der Waals surface area contributed by atoms with Crippen LogP contribution >= 0.6 is 27.7 Å². The third-order valence-electron chi connectivity index (χ3n) is 2.29. The fourth-order valence-electron chi connectivity index (χ4n) is 1.52. The number of hydrogen-bond acceptors (Lipinski definition) is 3. The van der Waals surface area contributed by atoms with Crippen molar-refractivity contribution in [1.82, 2.24) is 4.98 Å². The van der Waals surface area contributed by atoms with Crippen molar-refractivity contribution < 1.29 is 0 Å². The van der Waals surface area contributed by atoms with Crippen molar-refractivity contribution in [3.05, 3.63) is 52.6 Å². The van der Waals surface area contributed by atoms with E-state index < -0.39 is 0 Å². The number of nitrogens with two attached hydrogens (primary N) is 1. The van der Waals surface area contributed by atoms with Crippen LogP contribution in [0.2, 0.25) is 0 Å². The van der Waals surface area contributed by atoms with E-state index in [1.165, 1.54) is 10.5 Å². The zero-order valence-electron chi connectivity index (χ0n) is 9.27. The standard InChI is InChI=1S/C13H13BrN2S/c14-11-4-5-12(10(9-11)6-7-15)17-13-3-1-2-8-16-13/h1-5,8-9H,6-7,15H2. The molecule has 0 aliphatic carbocycles. The number of rotatable bonds is 4. The highest BCUT2D eigenvalue weighted by atomic mass is 79.9. The van der Waals surface area contributed by atoms with Crippen molar-refractivity contribution >= 4 is 27.7 Å². The summed E-state index contributed by atoms with van der Waals surface area (Å²) in [5, 5.41) is 1.01. The van der Waals surface area contributed by atoms with Gasteiger partial charge in [0.2, 0.25) is 0 Å². The molecule has 2 rings (SSSR count). The number of aromatic nitrogens is 1. The van der Waals surface area contributed by atoms with E-state index in [-0.39, 0.29) is 0 Å². The Hall–Kier alpha value is -0.840. The second-order valence-corrected chi connectivity index (χ2v) is 5.54. The maximum Gasteiger partial charge on any atom is 0.101 e. The molecule has 17 heavy (non-hydrogen) atoms. The molecule has 2 nitrogen and oxygen atoms in total. The summed E-state index contributed by atoms with van der Waals surface area (Å²) >= 11 is 5.16. The van der Waals surface area contributed by atoms with Gasteiger partial charge < -0.3 is 5.73 Å². The second-order valence-electron chi connectivity index (χ2n) is 3.56. The summed E-state index contributed by atoms with van der Waals surface area (Å²) in [5.74, 6) is 0. The van der Waals surface area contributed by atoms with Gasteiger partial charge in [0, 0.05) is 15.6 Å². The Kier molecular flexibility index (Phi) is 4.59. The molecule has 0 fully saturated rings. The molecule has 1 aromatic heterocycles. The lowest BCUT2D eigenvalue weighted by molar-refractivity contribution is 0.942. The summed E-state index contributed by atoms with van der Waals surface area (Å²) in [4.78, 5) is 5.54. The van der Waals surface area contributed by atoms with Crippen molar-refractivity contribution in [3.63, 3.8) is 0 Å². The Morgan fingerprint density at radius 2 is 2.12 bits per heavy atom. The molecule has 0 aliphatic rings. The first-order valence-corrected chi connectivity index (χ1v) is 6.98. The van der Waals surface area contributed by atoms with E-state index >= 15 is 0 Å². The maximum absolute atomic E-state index is 5.63. The van der Waals surface area contributed by atoms with Crippen LogP contribution in [-0.4, -0.2) is 11.5 Å². The van der Waals surface area contributed by atoms with Crippen LogP contribution in [0.1, 0.15) is 5.56 Å². The van der Waals surface area contributed by atoms with Gasteiger partial charge >= 0.3 is 0 Å². The lowest BCUT2D eigenvalue weighted by Crippen LogP contribution is -2.03. The number of benzene rings is 1. The molecule has 2 N–H and O–H groups in total. The van der Waals surface area contributed by atoms with E-state index in [1.807, 2.05) is 30.5 Å². The van der Waals surface area contributed by atoms with E-state index in [1.54, 1.807) is 11.8 Å². The summed E-state index contributed by atoms with van der Waals surface area (Å²) < 4.78 is 1.09. The zero-order valence-corrected chi connectivity index (χ0v) is 11.7. The number of nitrogens with zero attached hydrogens (tertiary/aromatic N) is 1. The SMILES string of the molecule is NCCc1cc(Br)ccc1Sc1ccccn1. The molecule has 0 radical (unpaired) electrons. The lowest BCUT2D eigenvalue weighted by Gasteiger charge is -2.08. The van der Waals surface area contributed by atoms with Gasteiger partial charge in [-0.05, 0) is 48.9 Å². The van der Waals surface area contributed by atoms with E-state index in [0.29, 0.717) is 6.54 Å². The first-order valence-electron chi connectivity index (χ1n) is 5.37. The van der Waals surface area contributed by atoms with Crippen LogP contribution in [-0.2, 0) is 6.42 Å². The summed E-state index contributed by atoms with van der Waals surface area (Å²) in [6.07, 6.45) is 2.69. The average molecular weight is 309 g/mol. The summed E-state index contributed by atoms with van der Waals surface area (Å²) in [6, 6.07) is 12.2. The van der Waals surface area contributed by atoms with E-state index in [2.05, 4.69) is 33.0 Å². The second kappa shape index (κ2) is 6.19. The topological polar surface area (TPSA) is 38.9 Å². The van der Waals surface area contributed by atoms with Crippen LogP contribution in [0.4, 0.5) is 0 Å². The molecule has 0 saturated heterocycles. The molecule has 0 saturated carbocycles. The highest BCUT2D eigenvalue weighted by Crippen LogP contribution is 2.30. The molecule has 1 aromatic carbocycles. The fraction of sp³-hybridized carbons (Fsp3) is 0.154. The lowest BCUT2D eigenvalue weighted by atomic mass is 10.1. The number of halogens is 1. The molecule has 1 heterocycles. The Morgan fingerprint density at radius 3 is 2.82 bits per heavy atom. The third kappa shape index (κ3) is 3.56. The minimum Gasteiger partial charge on any atom is -0.330 e. The van der Waals surface area contributed by atoms with Gasteiger partial charge in [-0.15, -0.1) is 0 Å². The minimum atomic E-state index is 0.659. The van der Waals surface area contributed by atoms with Gasteiger partial charge in [0.05, 0.1) is 0 Å². The summed E-state index contributed by atoms with van der Waals surface area (Å²) in [7, 11) is 0. The highest BCUT2D eigenvalue weighted by Gasteiger charge is 2.05. The van der Waals surface area contributed by atoms with Crippen LogP contribution in [0, 0.1) is 0 Å².